The van der Waals surface area contributed by atoms with Gasteiger partial charge in [-0.15, -0.1) is 0 Å². The highest BCUT2D eigenvalue weighted by Gasteiger charge is 2.14. The van der Waals surface area contributed by atoms with E-state index < -0.39 is 9.84 Å². The molecule has 0 spiro atoms. The van der Waals surface area contributed by atoms with E-state index in [2.05, 4.69) is 20.7 Å². The van der Waals surface area contributed by atoms with Crippen LogP contribution >= 0.6 is 15.9 Å². The van der Waals surface area contributed by atoms with Gasteiger partial charge in [0.1, 0.15) is 0 Å². The van der Waals surface area contributed by atoms with E-state index in [1.165, 1.54) is 7.11 Å². The van der Waals surface area contributed by atoms with E-state index in [1.807, 2.05) is 6.92 Å². The molecule has 0 bridgehead atoms. The van der Waals surface area contributed by atoms with Crippen LogP contribution in [0.2, 0.25) is 0 Å². The Bertz CT molecular complexity index is 382. The van der Waals surface area contributed by atoms with Crippen molar-refractivity contribution in [2.75, 3.05) is 23.9 Å². The summed E-state index contributed by atoms with van der Waals surface area (Å²) in [4.78, 5) is 10.9. The highest BCUT2D eigenvalue weighted by molar-refractivity contribution is 9.09. The van der Waals surface area contributed by atoms with Crippen molar-refractivity contribution in [3.8, 4) is 0 Å². The molecule has 0 aliphatic rings. The molecule has 0 radical (unpaired) electrons. The second-order valence-corrected chi connectivity index (χ2v) is 8.90. The number of hydrogen-bond donors (Lipinski definition) is 0. The molecule has 0 heterocycles. The first kappa shape index (κ1) is 21.9. The van der Waals surface area contributed by atoms with Crippen molar-refractivity contribution in [3.05, 3.63) is 0 Å². The van der Waals surface area contributed by atoms with Crippen LogP contribution in [0.25, 0.3) is 0 Å². The van der Waals surface area contributed by atoms with Crippen molar-refractivity contribution in [2.45, 2.75) is 64.7 Å². The van der Waals surface area contributed by atoms with Crippen molar-refractivity contribution in [2.24, 2.45) is 5.92 Å². The summed E-state index contributed by atoms with van der Waals surface area (Å²) in [5.41, 5.74) is 0. The molecule has 0 amide bonds. The molecule has 0 aliphatic heterocycles. The average molecular weight is 399 g/mol. The Morgan fingerprint density at radius 3 is 2.00 bits per heavy atom. The van der Waals surface area contributed by atoms with Crippen molar-refractivity contribution < 1.29 is 17.9 Å². The van der Waals surface area contributed by atoms with Crippen LogP contribution in [0.3, 0.4) is 0 Å². The van der Waals surface area contributed by atoms with Crippen LogP contribution in [0.5, 0.6) is 0 Å². The van der Waals surface area contributed by atoms with Crippen LogP contribution < -0.4 is 0 Å². The number of esters is 1. The van der Waals surface area contributed by atoms with Crippen molar-refractivity contribution >= 4 is 31.7 Å². The van der Waals surface area contributed by atoms with E-state index in [4.69, 9.17) is 0 Å². The van der Waals surface area contributed by atoms with Crippen molar-refractivity contribution in [1.29, 1.82) is 0 Å². The monoisotopic (exact) mass is 398 g/mol. The Morgan fingerprint density at radius 1 is 1.00 bits per heavy atom. The predicted octanol–water partition coefficient (Wildman–Crippen LogP) is 4.12. The number of hydrogen-bond acceptors (Lipinski definition) is 4. The summed E-state index contributed by atoms with van der Waals surface area (Å²) in [6.07, 6.45) is 8.79. The Kier molecular flexibility index (Phi) is 13.3. The van der Waals surface area contributed by atoms with Gasteiger partial charge < -0.3 is 4.74 Å². The van der Waals surface area contributed by atoms with Gasteiger partial charge in [0, 0.05) is 11.8 Å². The Balaban J connectivity index is 3.42. The van der Waals surface area contributed by atoms with Gasteiger partial charge in [-0.3, -0.25) is 4.79 Å². The zero-order valence-corrected chi connectivity index (χ0v) is 16.4. The summed E-state index contributed by atoms with van der Waals surface area (Å²) in [5, 5.41) is 0.738. The Hall–Kier alpha value is -0.100. The van der Waals surface area contributed by atoms with Crippen LogP contribution in [0.1, 0.15) is 64.7 Å². The van der Waals surface area contributed by atoms with Gasteiger partial charge in [0.2, 0.25) is 0 Å². The first-order chi connectivity index (χ1) is 10.4. The van der Waals surface area contributed by atoms with Crippen LogP contribution in [0, 0.1) is 5.92 Å². The van der Waals surface area contributed by atoms with Crippen molar-refractivity contribution in [1.82, 2.24) is 0 Å². The molecule has 0 aromatic rings. The maximum atomic E-state index is 11.8. The molecule has 0 rings (SSSR count). The summed E-state index contributed by atoms with van der Waals surface area (Å²) < 4.78 is 28.2. The minimum Gasteiger partial charge on any atom is -0.469 e. The molecule has 1 atom stereocenters. The molecule has 0 aromatic heterocycles. The zero-order chi connectivity index (χ0) is 16.8. The zero-order valence-electron chi connectivity index (χ0n) is 14.0. The molecule has 22 heavy (non-hydrogen) atoms. The molecule has 0 saturated carbocycles. The van der Waals surface area contributed by atoms with Crippen LogP contribution in [0.4, 0.5) is 0 Å². The molecule has 0 N–H and O–H groups in total. The number of rotatable bonds is 14. The number of ether oxygens (including phenoxy) is 1. The summed E-state index contributed by atoms with van der Waals surface area (Å²) >= 11 is 3.32. The molecule has 0 aliphatic carbocycles. The lowest BCUT2D eigenvalue weighted by atomic mass is 10.1. The first-order valence-corrected chi connectivity index (χ1v) is 11.2. The number of sulfone groups is 1. The van der Waals surface area contributed by atoms with Crippen LogP contribution in [-0.2, 0) is 19.4 Å². The average Bonchev–Trinajstić information content (AvgIpc) is 2.48. The van der Waals surface area contributed by atoms with Crippen LogP contribution in [-0.4, -0.2) is 38.3 Å². The minimum absolute atomic E-state index is 0.129. The first-order valence-electron chi connectivity index (χ1n) is 8.24. The summed E-state index contributed by atoms with van der Waals surface area (Å²) in [7, 11) is -1.46. The lowest BCUT2D eigenvalue weighted by Gasteiger charge is -2.08. The highest BCUT2D eigenvalue weighted by Crippen LogP contribution is 2.12. The van der Waals surface area contributed by atoms with Gasteiger partial charge in [0.15, 0.2) is 9.84 Å². The fourth-order valence-electron chi connectivity index (χ4n) is 2.32. The van der Waals surface area contributed by atoms with Gasteiger partial charge in [-0.25, -0.2) is 8.42 Å². The summed E-state index contributed by atoms with van der Waals surface area (Å²) in [5.74, 6) is 0.674. The molecule has 0 saturated heterocycles. The maximum absolute atomic E-state index is 11.8. The molecule has 132 valence electrons. The largest absolute Gasteiger partial charge is 0.469 e. The lowest BCUT2D eigenvalue weighted by Crippen LogP contribution is -2.17. The van der Waals surface area contributed by atoms with E-state index in [0.29, 0.717) is 17.9 Å². The van der Waals surface area contributed by atoms with E-state index in [0.717, 1.165) is 56.7 Å². The molecule has 0 fully saturated rings. The molecule has 4 nitrogen and oxygen atoms in total. The smallest absolute Gasteiger partial charge is 0.305 e. The van der Waals surface area contributed by atoms with E-state index in [9.17, 15) is 13.2 Å². The third-order valence-electron chi connectivity index (χ3n) is 3.62. The van der Waals surface area contributed by atoms with Gasteiger partial charge in [-0.05, 0) is 18.8 Å². The SMILES string of the molecule is COC(=O)CCCCCCCCCCS(=O)(=O)CC(C)CBr. The number of methoxy groups -OCH3 is 1. The van der Waals surface area contributed by atoms with E-state index in [1.54, 1.807) is 0 Å². The molecule has 6 heteroatoms. The number of carbonyl (C=O) groups excluding carboxylic acids is 1. The Labute approximate surface area is 144 Å². The number of unbranched alkanes of at least 4 members (excludes halogenated alkanes) is 7. The normalized spacial score (nSPS) is 13.0. The third-order valence-corrected chi connectivity index (χ3v) is 6.71. The lowest BCUT2D eigenvalue weighted by molar-refractivity contribution is -0.140. The van der Waals surface area contributed by atoms with Crippen molar-refractivity contribution in [3.63, 3.8) is 0 Å². The predicted molar refractivity (Wildman–Crippen MR) is 95.2 cm³/mol. The standard InChI is InChI=1S/C16H31BrO4S/c1-15(13-17)14-22(19,20)12-10-8-6-4-3-5-7-9-11-16(18)21-2/h15H,3-14H2,1-2H3. The fraction of sp³-hybridized carbons (Fsp3) is 0.938. The quantitative estimate of drug-likeness (QED) is 0.251. The number of carbonyl (C=O) groups is 1. The molecule has 1 unspecified atom stereocenters. The highest BCUT2D eigenvalue weighted by atomic mass is 79.9. The number of alkyl halides is 1. The second kappa shape index (κ2) is 13.3. The summed E-state index contributed by atoms with van der Waals surface area (Å²) in [6.45, 7) is 1.95. The topological polar surface area (TPSA) is 60.4 Å². The fourth-order valence-corrected chi connectivity index (χ4v) is 4.64. The number of halogens is 1. The maximum Gasteiger partial charge on any atom is 0.305 e. The summed E-state index contributed by atoms with van der Waals surface area (Å²) in [6, 6.07) is 0. The van der Waals surface area contributed by atoms with E-state index in [-0.39, 0.29) is 11.9 Å². The van der Waals surface area contributed by atoms with Gasteiger partial charge in [-0.2, -0.15) is 0 Å². The molecular weight excluding hydrogens is 368 g/mol. The third kappa shape index (κ3) is 13.6. The Morgan fingerprint density at radius 2 is 1.50 bits per heavy atom. The van der Waals surface area contributed by atoms with Gasteiger partial charge >= 0.3 is 5.97 Å². The van der Waals surface area contributed by atoms with Gasteiger partial charge in [0.25, 0.3) is 0 Å². The molecular formula is C16H31BrO4S. The van der Waals surface area contributed by atoms with E-state index >= 15 is 0 Å². The minimum atomic E-state index is -2.88. The van der Waals surface area contributed by atoms with Gasteiger partial charge in [-0.1, -0.05) is 61.4 Å². The molecule has 0 aromatic carbocycles. The second-order valence-electron chi connectivity index (χ2n) is 6.03. The van der Waals surface area contributed by atoms with Gasteiger partial charge in [0.05, 0.1) is 18.6 Å². The van der Waals surface area contributed by atoms with Crippen LogP contribution in [0.15, 0.2) is 0 Å².